The van der Waals surface area contributed by atoms with Gasteiger partial charge in [0.15, 0.2) is 8.32 Å². The van der Waals surface area contributed by atoms with Gasteiger partial charge in [-0.15, -0.1) is 0 Å². The Morgan fingerprint density at radius 2 is 1.43 bits per heavy atom. The number of carbonyl (C=O) groups is 2. The van der Waals surface area contributed by atoms with Crippen LogP contribution in [0.4, 0.5) is 0 Å². The summed E-state index contributed by atoms with van der Waals surface area (Å²) >= 11 is 0. The van der Waals surface area contributed by atoms with E-state index in [4.69, 9.17) is 19.0 Å². The molecule has 5 atom stereocenters. The second-order valence-electron chi connectivity index (χ2n) is 15.1. The number of unbranched alkanes of at least 4 members (excludes halogenated alkanes) is 3. The molecule has 2 N–H and O–H groups in total. The molecular formula is C41H56O7Si. The molecule has 4 rings (SSSR count). The minimum atomic E-state index is -2.11. The van der Waals surface area contributed by atoms with Crippen LogP contribution >= 0.6 is 0 Å². The highest BCUT2D eigenvalue weighted by Crippen LogP contribution is 2.43. The third-order valence-corrected chi connectivity index (χ3v) is 15.0. The lowest BCUT2D eigenvalue weighted by molar-refractivity contribution is -0.137. The SMILES string of the molecule is CC(C)(C)[Si](C)(C)O[C@@H](CC[C@H]1C(O)C[C@H](OC(=O)c2ccc(-c3ccccc3)cc2)[C@@H]1CCCCCCC(=O)O)COc1ccccc1. The number of carboxylic acids is 1. The van der Waals surface area contributed by atoms with E-state index in [1.54, 1.807) is 12.1 Å². The average molecular weight is 689 g/mol. The smallest absolute Gasteiger partial charge is 0.338 e. The number of aliphatic hydroxyl groups excluding tert-OH is 1. The molecular weight excluding hydrogens is 633 g/mol. The van der Waals surface area contributed by atoms with Crippen LogP contribution in [-0.2, 0) is 14.0 Å². The first-order valence-electron chi connectivity index (χ1n) is 18.0. The predicted octanol–water partition coefficient (Wildman–Crippen LogP) is 9.55. The molecule has 0 bridgehead atoms. The average Bonchev–Trinajstić information content (AvgIpc) is 3.36. The van der Waals surface area contributed by atoms with Crippen LogP contribution in [0.5, 0.6) is 5.75 Å². The minimum Gasteiger partial charge on any atom is -0.491 e. The van der Waals surface area contributed by atoms with Crippen molar-refractivity contribution in [3.8, 4) is 16.9 Å². The van der Waals surface area contributed by atoms with Crippen LogP contribution in [0.1, 0.15) is 88.9 Å². The van der Waals surface area contributed by atoms with Crippen molar-refractivity contribution in [1.82, 2.24) is 0 Å². The third-order valence-electron chi connectivity index (χ3n) is 10.4. The van der Waals surface area contributed by atoms with E-state index in [0.717, 1.165) is 55.4 Å². The zero-order valence-electron chi connectivity index (χ0n) is 30.0. The lowest BCUT2D eigenvalue weighted by Crippen LogP contribution is -2.45. The molecule has 1 unspecified atom stereocenters. The van der Waals surface area contributed by atoms with E-state index in [1.807, 2.05) is 72.8 Å². The maximum atomic E-state index is 13.4. The summed E-state index contributed by atoms with van der Waals surface area (Å²) in [7, 11) is -2.11. The van der Waals surface area contributed by atoms with E-state index in [0.29, 0.717) is 25.0 Å². The number of rotatable bonds is 18. The molecule has 0 heterocycles. The largest absolute Gasteiger partial charge is 0.491 e. The highest BCUT2D eigenvalue weighted by atomic mass is 28.4. The molecule has 1 fully saturated rings. The Labute approximate surface area is 294 Å². The number of carboxylic acid groups (broad SMARTS) is 1. The highest BCUT2D eigenvalue weighted by Gasteiger charge is 2.45. The van der Waals surface area contributed by atoms with E-state index >= 15 is 0 Å². The summed E-state index contributed by atoms with van der Waals surface area (Å²) in [6, 6.07) is 27.3. The van der Waals surface area contributed by atoms with Gasteiger partial charge in [-0.3, -0.25) is 4.79 Å². The molecule has 1 aliphatic carbocycles. The van der Waals surface area contributed by atoms with Crippen molar-refractivity contribution in [3.63, 3.8) is 0 Å². The molecule has 0 saturated heterocycles. The zero-order chi connectivity index (χ0) is 35.4. The summed E-state index contributed by atoms with van der Waals surface area (Å²) in [4.78, 5) is 24.4. The Bertz CT molecular complexity index is 1440. The van der Waals surface area contributed by atoms with Gasteiger partial charge in [-0.05, 0) is 85.1 Å². The Morgan fingerprint density at radius 3 is 2.06 bits per heavy atom. The van der Waals surface area contributed by atoms with Gasteiger partial charge in [0.05, 0.1) is 17.8 Å². The number of hydrogen-bond acceptors (Lipinski definition) is 6. The van der Waals surface area contributed by atoms with Crippen LogP contribution in [0.25, 0.3) is 11.1 Å². The lowest BCUT2D eigenvalue weighted by Gasteiger charge is -2.39. The molecule has 266 valence electrons. The summed E-state index contributed by atoms with van der Waals surface area (Å²) in [5.74, 6) is -0.408. The Balaban J connectivity index is 1.46. The van der Waals surface area contributed by atoms with Crippen LogP contribution < -0.4 is 4.74 Å². The van der Waals surface area contributed by atoms with Crippen molar-refractivity contribution in [2.24, 2.45) is 11.8 Å². The first kappa shape index (κ1) is 38.3. The maximum Gasteiger partial charge on any atom is 0.338 e. The maximum absolute atomic E-state index is 13.4. The van der Waals surface area contributed by atoms with Gasteiger partial charge >= 0.3 is 11.9 Å². The molecule has 1 saturated carbocycles. The fourth-order valence-corrected chi connectivity index (χ4v) is 7.96. The summed E-state index contributed by atoms with van der Waals surface area (Å²) in [5, 5.41) is 20.5. The number of para-hydroxylation sites is 1. The van der Waals surface area contributed by atoms with Gasteiger partial charge in [0, 0.05) is 18.8 Å². The fourth-order valence-electron chi connectivity index (χ4n) is 6.59. The second-order valence-corrected chi connectivity index (χ2v) is 19.8. The predicted molar refractivity (Wildman–Crippen MR) is 197 cm³/mol. The molecule has 3 aromatic rings. The molecule has 49 heavy (non-hydrogen) atoms. The molecule has 0 aliphatic heterocycles. The summed E-state index contributed by atoms with van der Waals surface area (Å²) in [6.07, 6.45) is 4.94. The molecule has 0 radical (unpaired) electrons. The number of esters is 1. The highest BCUT2D eigenvalue weighted by molar-refractivity contribution is 6.74. The van der Waals surface area contributed by atoms with Gasteiger partial charge in [0.1, 0.15) is 18.5 Å². The first-order chi connectivity index (χ1) is 23.3. The number of aliphatic hydroxyl groups is 1. The van der Waals surface area contributed by atoms with Crippen molar-refractivity contribution < 1.29 is 33.7 Å². The number of benzene rings is 3. The monoisotopic (exact) mass is 688 g/mol. The van der Waals surface area contributed by atoms with Crippen LogP contribution in [0.2, 0.25) is 18.1 Å². The summed E-state index contributed by atoms with van der Waals surface area (Å²) < 4.78 is 19.3. The van der Waals surface area contributed by atoms with Crippen LogP contribution in [0.3, 0.4) is 0 Å². The lowest BCUT2D eigenvalue weighted by atomic mass is 9.84. The zero-order valence-corrected chi connectivity index (χ0v) is 31.0. The standard InChI is InChI=1S/C41H56O7Si/c1-41(2,3)49(4,5)48-34(29-46-33-18-12-9-13-19-33)26-27-35-36(20-14-6-7-15-21-39(43)44)38(28-37(35)42)47-40(45)32-24-22-31(23-25-32)30-16-10-8-11-17-30/h8-13,16-19,22-25,34-38,42H,6-7,14-15,20-21,26-29H2,1-5H3,(H,43,44)/t34-,35+,36+,37?,38-/m0/s1. The molecule has 1 aliphatic rings. The molecule has 3 aromatic carbocycles. The van der Waals surface area contributed by atoms with E-state index in [1.165, 1.54) is 0 Å². The van der Waals surface area contributed by atoms with E-state index < -0.39 is 26.5 Å². The first-order valence-corrected chi connectivity index (χ1v) is 20.9. The van der Waals surface area contributed by atoms with Gasteiger partial charge in [-0.1, -0.05) is 101 Å². The topological polar surface area (TPSA) is 102 Å². The molecule has 7 nitrogen and oxygen atoms in total. The van der Waals surface area contributed by atoms with Gasteiger partial charge < -0.3 is 24.1 Å². The van der Waals surface area contributed by atoms with Crippen LogP contribution in [0, 0.1) is 11.8 Å². The van der Waals surface area contributed by atoms with E-state index in [-0.39, 0.29) is 35.4 Å². The van der Waals surface area contributed by atoms with E-state index in [9.17, 15) is 14.7 Å². The molecule has 0 amide bonds. The molecule has 0 spiro atoms. The Hall–Kier alpha value is -3.46. The molecule has 0 aromatic heterocycles. The third kappa shape index (κ3) is 11.5. The van der Waals surface area contributed by atoms with Gasteiger partial charge in [-0.25, -0.2) is 4.79 Å². The Kier molecular flexibility index (Phi) is 14.1. The van der Waals surface area contributed by atoms with Crippen LogP contribution in [0.15, 0.2) is 84.9 Å². The quantitative estimate of drug-likeness (QED) is 0.0780. The van der Waals surface area contributed by atoms with Gasteiger partial charge in [-0.2, -0.15) is 0 Å². The van der Waals surface area contributed by atoms with Crippen LogP contribution in [-0.4, -0.2) is 55.4 Å². The van der Waals surface area contributed by atoms with Crippen molar-refractivity contribution in [1.29, 1.82) is 0 Å². The minimum absolute atomic E-state index is 0.00872. The number of ether oxygens (including phenoxy) is 2. The fraction of sp³-hybridized carbons (Fsp3) is 0.512. The van der Waals surface area contributed by atoms with Crippen molar-refractivity contribution in [3.05, 3.63) is 90.5 Å². The van der Waals surface area contributed by atoms with Crippen molar-refractivity contribution >= 4 is 20.3 Å². The van der Waals surface area contributed by atoms with Gasteiger partial charge in [0.25, 0.3) is 0 Å². The number of aliphatic carboxylic acids is 1. The van der Waals surface area contributed by atoms with Gasteiger partial charge in [0.2, 0.25) is 0 Å². The number of hydrogen-bond donors (Lipinski definition) is 2. The summed E-state index contributed by atoms with van der Waals surface area (Å²) in [5.41, 5.74) is 2.60. The Morgan fingerprint density at radius 1 is 0.816 bits per heavy atom. The number of carbonyl (C=O) groups excluding carboxylic acids is 1. The normalized spacial score (nSPS) is 20.1. The molecule has 8 heteroatoms. The summed E-state index contributed by atoms with van der Waals surface area (Å²) in [6.45, 7) is 11.6. The van der Waals surface area contributed by atoms with E-state index in [2.05, 4.69) is 33.9 Å². The second kappa shape index (κ2) is 18.0. The van der Waals surface area contributed by atoms with Crippen molar-refractivity contribution in [2.45, 2.75) is 115 Å². The van der Waals surface area contributed by atoms with Crippen molar-refractivity contribution in [2.75, 3.05) is 6.61 Å².